The van der Waals surface area contributed by atoms with Gasteiger partial charge in [0.2, 0.25) is 0 Å². The number of hydrogen-bond acceptors (Lipinski definition) is 4. The molecule has 1 saturated carbocycles. The van der Waals surface area contributed by atoms with E-state index in [1.165, 1.54) is 22.0 Å². The standard InChI is InChI=1S/C36H34O4Se/c1-38-26-12-6-21(7-13-26)31(22-8-14-27(39-2)15-9-22)34-30(37)19-18-29-33(34)32-24-4-5-25(20-24)36(32)41-35(29)23-10-16-28(40-3)17-11-23/h4-19,24-25,31-34,36H,20H2,1-3H3/t24-,25+,32+,33?,34?,36+/m0/s1. The normalized spacial score (nSPS) is 27.7. The summed E-state index contributed by atoms with van der Waals surface area (Å²) in [6.07, 6.45) is 10.2. The number of methoxy groups -OCH3 is 3. The van der Waals surface area contributed by atoms with Crippen molar-refractivity contribution in [3.05, 3.63) is 119 Å². The Morgan fingerprint density at radius 2 is 1.24 bits per heavy atom. The molecule has 0 N–H and O–H groups in total. The first-order valence-corrected chi connectivity index (χ1v) is 16.2. The summed E-state index contributed by atoms with van der Waals surface area (Å²) < 4.78 is 17.9. The monoisotopic (exact) mass is 610 g/mol. The molecule has 1 aliphatic heterocycles. The van der Waals surface area contributed by atoms with Crippen LogP contribution in [0.2, 0.25) is 4.82 Å². The molecule has 3 aromatic carbocycles. The summed E-state index contributed by atoms with van der Waals surface area (Å²) in [7, 11) is 5.09. The van der Waals surface area contributed by atoms with Gasteiger partial charge < -0.3 is 0 Å². The average Bonchev–Trinajstić information content (AvgIpc) is 3.65. The molecule has 2 unspecified atom stereocenters. The molecule has 7 rings (SSSR count). The molecule has 0 spiro atoms. The van der Waals surface area contributed by atoms with Gasteiger partial charge in [0.25, 0.3) is 0 Å². The number of rotatable bonds is 7. The Labute approximate surface area is 248 Å². The fourth-order valence-corrected chi connectivity index (χ4v) is 11.4. The van der Waals surface area contributed by atoms with Gasteiger partial charge in [-0.25, -0.2) is 0 Å². The van der Waals surface area contributed by atoms with Crippen molar-refractivity contribution in [3.63, 3.8) is 0 Å². The van der Waals surface area contributed by atoms with Crippen molar-refractivity contribution in [1.82, 2.24) is 0 Å². The second-order valence-corrected chi connectivity index (χ2v) is 13.9. The zero-order valence-corrected chi connectivity index (χ0v) is 25.2. The first kappa shape index (κ1) is 26.4. The minimum atomic E-state index is -0.193. The van der Waals surface area contributed by atoms with E-state index >= 15 is 0 Å². The quantitative estimate of drug-likeness (QED) is 0.215. The van der Waals surface area contributed by atoms with Crippen LogP contribution in [0.4, 0.5) is 0 Å². The minimum absolute atomic E-state index is 0.0873. The second kappa shape index (κ2) is 10.7. The van der Waals surface area contributed by atoms with E-state index in [9.17, 15) is 4.79 Å². The maximum absolute atomic E-state index is 14.2. The molecule has 0 amide bonds. The number of fused-ring (bicyclic) bond motifs is 7. The molecule has 3 aliphatic carbocycles. The van der Waals surface area contributed by atoms with Crippen LogP contribution in [-0.2, 0) is 4.79 Å². The SMILES string of the molecule is COc1ccc(C2=C3C=CC(=O)C(C(c4ccc(OC)cc4)c4ccc(OC)cc4)C3[C@@H]3[C@H]([Se]2)[C@@H]2C=C[C@H]3C2)cc1. The molecular formula is C36H34O4Se. The predicted molar refractivity (Wildman–Crippen MR) is 163 cm³/mol. The van der Waals surface area contributed by atoms with Gasteiger partial charge in [0.15, 0.2) is 0 Å². The third-order valence-electron chi connectivity index (χ3n) is 9.54. The fraction of sp³-hybridized carbons (Fsp3) is 0.306. The summed E-state index contributed by atoms with van der Waals surface area (Å²) >= 11 is 0.320. The Morgan fingerprint density at radius 3 is 1.80 bits per heavy atom. The van der Waals surface area contributed by atoms with E-state index in [0.29, 0.717) is 37.5 Å². The first-order valence-electron chi connectivity index (χ1n) is 14.3. The molecule has 1 heterocycles. The van der Waals surface area contributed by atoms with Gasteiger partial charge in [0, 0.05) is 0 Å². The van der Waals surface area contributed by atoms with Crippen LogP contribution in [0.15, 0.2) is 103 Å². The molecule has 41 heavy (non-hydrogen) atoms. The first-order chi connectivity index (χ1) is 20.1. The molecular weight excluding hydrogens is 575 g/mol. The molecule has 1 fully saturated rings. The molecule has 5 heteroatoms. The number of allylic oxidation sites excluding steroid dienone is 5. The zero-order valence-electron chi connectivity index (χ0n) is 23.5. The Kier molecular flexibility index (Phi) is 6.89. The number of ether oxygens (including phenoxy) is 3. The summed E-state index contributed by atoms with van der Waals surface area (Å²) in [6.45, 7) is 0. The molecule has 2 bridgehead atoms. The summed E-state index contributed by atoms with van der Waals surface area (Å²) in [5.41, 5.74) is 4.91. The Hall–Kier alpha value is -3.53. The predicted octanol–water partition coefficient (Wildman–Crippen LogP) is 6.96. The Bertz CT molecular complexity index is 1490. The number of carbonyl (C=O) groups is 1. The molecule has 0 saturated heterocycles. The van der Waals surface area contributed by atoms with Gasteiger partial charge in [0.05, 0.1) is 0 Å². The molecule has 6 atom stereocenters. The van der Waals surface area contributed by atoms with E-state index in [4.69, 9.17) is 14.2 Å². The van der Waals surface area contributed by atoms with Crippen LogP contribution in [0, 0.1) is 29.6 Å². The van der Waals surface area contributed by atoms with Crippen molar-refractivity contribution in [3.8, 4) is 17.2 Å². The van der Waals surface area contributed by atoms with Gasteiger partial charge in [-0.05, 0) is 0 Å². The van der Waals surface area contributed by atoms with Crippen molar-refractivity contribution >= 4 is 25.2 Å². The molecule has 3 aromatic rings. The van der Waals surface area contributed by atoms with E-state index in [1.54, 1.807) is 21.3 Å². The summed E-state index contributed by atoms with van der Waals surface area (Å²) in [4.78, 5) is 14.8. The van der Waals surface area contributed by atoms with E-state index in [0.717, 1.165) is 28.4 Å². The van der Waals surface area contributed by atoms with Crippen molar-refractivity contribution in [2.24, 2.45) is 29.6 Å². The number of hydrogen-bond donors (Lipinski definition) is 0. The molecule has 4 aliphatic rings. The third kappa shape index (κ3) is 4.47. The van der Waals surface area contributed by atoms with Crippen LogP contribution in [0.1, 0.15) is 29.0 Å². The summed E-state index contributed by atoms with van der Waals surface area (Å²) in [5, 5.41) is 0. The van der Waals surface area contributed by atoms with Gasteiger partial charge >= 0.3 is 249 Å². The third-order valence-corrected chi connectivity index (χ3v) is 13.0. The van der Waals surface area contributed by atoms with Crippen LogP contribution in [-0.4, -0.2) is 42.1 Å². The van der Waals surface area contributed by atoms with Crippen molar-refractivity contribution in [2.75, 3.05) is 21.3 Å². The van der Waals surface area contributed by atoms with Crippen molar-refractivity contribution < 1.29 is 19.0 Å². The van der Waals surface area contributed by atoms with Crippen molar-refractivity contribution in [2.45, 2.75) is 17.2 Å². The van der Waals surface area contributed by atoms with Crippen LogP contribution < -0.4 is 14.2 Å². The zero-order chi connectivity index (χ0) is 28.1. The Morgan fingerprint density at radius 1 is 0.707 bits per heavy atom. The van der Waals surface area contributed by atoms with Crippen molar-refractivity contribution in [1.29, 1.82) is 0 Å². The van der Waals surface area contributed by atoms with Crippen LogP contribution in [0.3, 0.4) is 0 Å². The van der Waals surface area contributed by atoms with Crippen LogP contribution in [0.25, 0.3) is 4.47 Å². The maximum atomic E-state index is 14.2. The number of ketones is 1. The summed E-state index contributed by atoms with van der Waals surface area (Å²) in [5.74, 6) is 4.24. The molecule has 0 radical (unpaired) electrons. The van der Waals surface area contributed by atoms with Gasteiger partial charge in [-0.2, -0.15) is 0 Å². The van der Waals surface area contributed by atoms with Gasteiger partial charge in [-0.3, -0.25) is 0 Å². The molecule has 208 valence electrons. The van der Waals surface area contributed by atoms with E-state index in [-0.39, 0.29) is 23.5 Å². The second-order valence-electron chi connectivity index (χ2n) is 11.4. The average molecular weight is 610 g/mol. The number of carbonyl (C=O) groups excluding carboxylic acids is 1. The molecule has 4 nitrogen and oxygen atoms in total. The Balaban J connectivity index is 1.41. The van der Waals surface area contributed by atoms with E-state index in [1.807, 2.05) is 30.3 Å². The summed E-state index contributed by atoms with van der Waals surface area (Å²) in [6, 6.07) is 25.1. The van der Waals surface area contributed by atoms with Gasteiger partial charge in [0.1, 0.15) is 0 Å². The van der Waals surface area contributed by atoms with Crippen LogP contribution >= 0.6 is 0 Å². The van der Waals surface area contributed by atoms with Gasteiger partial charge in [-0.1, -0.05) is 0 Å². The topological polar surface area (TPSA) is 44.8 Å². The van der Waals surface area contributed by atoms with E-state index < -0.39 is 0 Å². The van der Waals surface area contributed by atoms with Crippen LogP contribution in [0.5, 0.6) is 17.2 Å². The number of benzene rings is 3. The van der Waals surface area contributed by atoms with Gasteiger partial charge in [-0.15, -0.1) is 0 Å². The van der Waals surface area contributed by atoms with E-state index in [2.05, 4.69) is 66.8 Å². The molecule has 0 aromatic heterocycles. The fourth-order valence-electron chi connectivity index (χ4n) is 7.67.